The normalized spacial score (nSPS) is 15.3. The van der Waals surface area contributed by atoms with Crippen molar-refractivity contribution in [3.05, 3.63) is 59.7 Å². The van der Waals surface area contributed by atoms with Crippen LogP contribution in [0.4, 0.5) is 0 Å². The smallest absolute Gasteiger partial charge is 0.119 e. The van der Waals surface area contributed by atoms with E-state index in [1.807, 2.05) is 19.1 Å². The van der Waals surface area contributed by atoms with Gasteiger partial charge in [0, 0.05) is 13.1 Å². The minimum absolute atomic E-state index is 0.596. The first-order chi connectivity index (χ1) is 11.2. The Bertz CT molecular complexity index is 721. The maximum absolute atomic E-state index is 9.53. The maximum Gasteiger partial charge on any atom is 0.119 e. The SMILES string of the molecule is CCOc1cccc(-c2cccc(C3=CCN(O)CC3)c2C)c1. The van der Waals surface area contributed by atoms with E-state index in [0.717, 1.165) is 12.2 Å². The van der Waals surface area contributed by atoms with Gasteiger partial charge in [-0.3, -0.25) is 0 Å². The highest BCUT2D eigenvalue weighted by Crippen LogP contribution is 2.33. The molecule has 3 rings (SSSR count). The van der Waals surface area contributed by atoms with E-state index < -0.39 is 0 Å². The lowest BCUT2D eigenvalue weighted by atomic mass is 9.90. The molecule has 0 amide bonds. The van der Waals surface area contributed by atoms with Crippen molar-refractivity contribution >= 4 is 5.57 Å². The molecule has 1 aliphatic heterocycles. The number of ether oxygens (including phenoxy) is 1. The van der Waals surface area contributed by atoms with Crippen LogP contribution in [0.15, 0.2) is 48.5 Å². The molecule has 0 aromatic heterocycles. The van der Waals surface area contributed by atoms with Crippen molar-refractivity contribution in [3.8, 4) is 16.9 Å². The summed E-state index contributed by atoms with van der Waals surface area (Å²) in [5, 5.41) is 10.9. The van der Waals surface area contributed by atoms with Crippen molar-refractivity contribution in [2.24, 2.45) is 0 Å². The monoisotopic (exact) mass is 309 g/mol. The first kappa shape index (κ1) is 15.8. The molecule has 0 radical (unpaired) electrons. The van der Waals surface area contributed by atoms with Crippen molar-refractivity contribution in [3.63, 3.8) is 0 Å². The molecule has 3 heteroatoms. The summed E-state index contributed by atoms with van der Waals surface area (Å²) >= 11 is 0. The largest absolute Gasteiger partial charge is 0.494 e. The summed E-state index contributed by atoms with van der Waals surface area (Å²) < 4.78 is 5.62. The minimum atomic E-state index is 0.596. The molecule has 23 heavy (non-hydrogen) atoms. The summed E-state index contributed by atoms with van der Waals surface area (Å²) in [6, 6.07) is 14.7. The van der Waals surface area contributed by atoms with Crippen LogP contribution in [0.5, 0.6) is 5.75 Å². The maximum atomic E-state index is 9.53. The molecule has 2 aromatic rings. The summed E-state index contributed by atoms with van der Waals surface area (Å²) in [7, 11) is 0. The van der Waals surface area contributed by atoms with Gasteiger partial charge >= 0.3 is 0 Å². The van der Waals surface area contributed by atoms with E-state index in [-0.39, 0.29) is 0 Å². The molecule has 1 heterocycles. The standard InChI is InChI=1S/C20H23NO2/c1-3-23-18-7-4-6-17(14-18)20-9-5-8-19(15(20)2)16-10-12-21(22)13-11-16/h4-10,14,22H,3,11-13H2,1-2H3. The van der Waals surface area contributed by atoms with Gasteiger partial charge in [-0.2, -0.15) is 5.06 Å². The average Bonchev–Trinajstić information content (AvgIpc) is 2.57. The highest BCUT2D eigenvalue weighted by molar-refractivity contribution is 5.78. The van der Waals surface area contributed by atoms with E-state index in [9.17, 15) is 5.21 Å². The lowest BCUT2D eigenvalue weighted by molar-refractivity contribution is -0.0807. The van der Waals surface area contributed by atoms with Crippen LogP contribution in [0.25, 0.3) is 16.7 Å². The second kappa shape index (κ2) is 6.99. The molecule has 0 bridgehead atoms. The molecule has 0 unspecified atom stereocenters. The predicted molar refractivity (Wildman–Crippen MR) is 93.7 cm³/mol. The van der Waals surface area contributed by atoms with E-state index in [0.29, 0.717) is 19.7 Å². The van der Waals surface area contributed by atoms with E-state index >= 15 is 0 Å². The number of hydrogen-bond donors (Lipinski definition) is 1. The van der Waals surface area contributed by atoms with Gasteiger partial charge in [0.15, 0.2) is 0 Å². The molecule has 1 aliphatic rings. The van der Waals surface area contributed by atoms with Crippen LogP contribution < -0.4 is 4.74 Å². The van der Waals surface area contributed by atoms with Crippen LogP contribution in [-0.4, -0.2) is 30.0 Å². The van der Waals surface area contributed by atoms with Crippen molar-refractivity contribution in [1.82, 2.24) is 5.06 Å². The Balaban J connectivity index is 1.98. The zero-order valence-electron chi connectivity index (χ0n) is 13.7. The summed E-state index contributed by atoms with van der Waals surface area (Å²) in [5.74, 6) is 0.905. The fourth-order valence-corrected chi connectivity index (χ4v) is 3.12. The molecular formula is C20H23NO2. The molecule has 2 aromatic carbocycles. The van der Waals surface area contributed by atoms with Crippen molar-refractivity contribution in [2.45, 2.75) is 20.3 Å². The Morgan fingerprint density at radius 3 is 2.65 bits per heavy atom. The van der Waals surface area contributed by atoms with E-state index in [4.69, 9.17) is 4.74 Å². The number of hydrogen-bond acceptors (Lipinski definition) is 3. The summed E-state index contributed by atoms with van der Waals surface area (Å²) in [4.78, 5) is 0. The third kappa shape index (κ3) is 3.46. The van der Waals surface area contributed by atoms with Gasteiger partial charge in [0.05, 0.1) is 6.61 Å². The zero-order chi connectivity index (χ0) is 16.2. The second-order valence-electron chi connectivity index (χ2n) is 5.83. The fourth-order valence-electron chi connectivity index (χ4n) is 3.12. The second-order valence-corrected chi connectivity index (χ2v) is 5.83. The molecule has 0 saturated carbocycles. The number of nitrogens with zero attached hydrogens (tertiary/aromatic N) is 1. The lowest BCUT2D eigenvalue weighted by Crippen LogP contribution is -2.24. The third-order valence-corrected chi connectivity index (χ3v) is 4.32. The fraction of sp³-hybridized carbons (Fsp3) is 0.300. The van der Waals surface area contributed by atoms with Crippen LogP contribution in [0.2, 0.25) is 0 Å². The Morgan fingerprint density at radius 1 is 1.13 bits per heavy atom. The van der Waals surface area contributed by atoms with Gasteiger partial charge in [0.1, 0.15) is 5.75 Å². The van der Waals surface area contributed by atoms with E-state index in [1.54, 1.807) is 0 Å². The first-order valence-corrected chi connectivity index (χ1v) is 8.15. The van der Waals surface area contributed by atoms with Crippen molar-refractivity contribution in [2.75, 3.05) is 19.7 Å². The number of rotatable bonds is 4. The van der Waals surface area contributed by atoms with E-state index in [1.165, 1.54) is 32.9 Å². The average molecular weight is 309 g/mol. The molecule has 0 atom stereocenters. The van der Waals surface area contributed by atoms with Gasteiger partial charge in [-0.25, -0.2) is 0 Å². The van der Waals surface area contributed by atoms with Gasteiger partial charge in [-0.15, -0.1) is 0 Å². The summed E-state index contributed by atoms with van der Waals surface area (Å²) in [6.07, 6.45) is 2.99. The van der Waals surface area contributed by atoms with E-state index in [2.05, 4.69) is 43.3 Å². The molecule has 0 fully saturated rings. The van der Waals surface area contributed by atoms with Crippen LogP contribution in [0, 0.1) is 6.92 Å². The van der Waals surface area contributed by atoms with Gasteiger partial charge in [0.2, 0.25) is 0 Å². The van der Waals surface area contributed by atoms with Gasteiger partial charge in [-0.1, -0.05) is 36.4 Å². The Hall–Kier alpha value is -2.10. The number of benzene rings is 2. The first-order valence-electron chi connectivity index (χ1n) is 8.15. The van der Waals surface area contributed by atoms with Crippen LogP contribution >= 0.6 is 0 Å². The Labute approximate surface area is 137 Å². The lowest BCUT2D eigenvalue weighted by Gasteiger charge is -2.22. The molecular weight excluding hydrogens is 286 g/mol. The van der Waals surface area contributed by atoms with Crippen LogP contribution in [0.1, 0.15) is 24.5 Å². The molecule has 0 saturated heterocycles. The van der Waals surface area contributed by atoms with Crippen molar-refractivity contribution in [1.29, 1.82) is 0 Å². The zero-order valence-corrected chi connectivity index (χ0v) is 13.7. The molecule has 120 valence electrons. The summed E-state index contributed by atoms with van der Waals surface area (Å²) in [5.41, 5.74) is 6.28. The van der Waals surface area contributed by atoms with Crippen LogP contribution in [0.3, 0.4) is 0 Å². The molecule has 3 nitrogen and oxygen atoms in total. The predicted octanol–water partition coefficient (Wildman–Crippen LogP) is 4.54. The Morgan fingerprint density at radius 2 is 1.91 bits per heavy atom. The van der Waals surface area contributed by atoms with Gasteiger partial charge in [-0.05, 0) is 60.2 Å². The Kier molecular flexibility index (Phi) is 4.79. The van der Waals surface area contributed by atoms with Crippen molar-refractivity contribution < 1.29 is 9.94 Å². The van der Waals surface area contributed by atoms with Gasteiger partial charge < -0.3 is 9.94 Å². The van der Waals surface area contributed by atoms with Crippen LogP contribution in [-0.2, 0) is 0 Å². The highest BCUT2D eigenvalue weighted by Gasteiger charge is 2.14. The van der Waals surface area contributed by atoms with Gasteiger partial charge in [0.25, 0.3) is 0 Å². The highest BCUT2D eigenvalue weighted by atomic mass is 16.5. The minimum Gasteiger partial charge on any atom is -0.494 e. The molecule has 0 aliphatic carbocycles. The molecule has 0 spiro atoms. The number of hydroxylamine groups is 2. The summed E-state index contributed by atoms with van der Waals surface area (Å²) in [6.45, 7) is 6.13. The topological polar surface area (TPSA) is 32.7 Å². The molecule has 1 N–H and O–H groups in total. The quantitative estimate of drug-likeness (QED) is 0.900. The third-order valence-electron chi connectivity index (χ3n) is 4.32.